The van der Waals surface area contributed by atoms with E-state index < -0.39 is 56.8 Å². The number of alkyl halides is 7. The van der Waals surface area contributed by atoms with Crippen molar-refractivity contribution in [3.8, 4) is 0 Å². The Bertz CT molecular complexity index is 532. The average Bonchev–Trinajstić information content (AvgIpc) is 2.35. The van der Waals surface area contributed by atoms with Gasteiger partial charge in [-0.3, -0.25) is 4.79 Å². The van der Waals surface area contributed by atoms with Crippen molar-refractivity contribution in [2.75, 3.05) is 6.54 Å². The number of nitrogens with zero attached hydrogens (tertiary/aromatic N) is 1. The summed E-state index contributed by atoms with van der Waals surface area (Å²) >= 11 is 0. The smallest absolute Gasteiger partial charge is 0.392 e. The fraction of sp³-hybridized carbons (Fsp3) is 0.600. The van der Waals surface area contributed by atoms with E-state index in [0.29, 0.717) is 6.92 Å². The van der Waals surface area contributed by atoms with Crippen molar-refractivity contribution in [3.05, 3.63) is 12.2 Å². The van der Waals surface area contributed by atoms with E-state index in [1.165, 1.54) is 0 Å². The van der Waals surface area contributed by atoms with Gasteiger partial charge in [-0.05, 0) is 6.92 Å². The largest absolute Gasteiger partial charge is 0.483 e. The maximum Gasteiger partial charge on any atom is 0.483 e. The summed E-state index contributed by atoms with van der Waals surface area (Å²) in [5, 5.41) is -3.17. The Morgan fingerprint density at radius 1 is 1.13 bits per heavy atom. The second-order valence-corrected chi connectivity index (χ2v) is 5.27. The monoisotopic (exact) mass is 373 g/mol. The number of likely N-dealkylation sites (N-methyl/N-ethyl adjacent to an activating group) is 1. The highest BCUT2D eigenvalue weighted by molar-refractivity contribution is 7.98. The first kappa shape index (κ1) is 21.5. The number of halogens is 7. The summed E-state index contributed by atoms with van der Waals surface area (Å²) < 4.78 is 103. The molecule has 5 nitrogen and oxygen atoms in total. The van der Waals surface area contributed by atoms with Gasteiger partial charge in [0.05, 0.1) is 0 Å². The van der Waals surface area contributed by atoms with Crippen LogP contribution < -0.4 is 0 Å². The summed E-state index contributed by atoms with van der Waals surface area (Å²) in [6.45, 7) is 3.00. The first-order valence-corrected chi connectivity index (χ1v) is 6.65. The lowest BCUT2D eigenvalue weighted by Gasteiger charge is -2.32. The fourth-order valence-electron chi connectivity index (χ4n) is 1.03. The third kappa shape index (κ3) is 4.73. The predicted molar refractivity (Wildman–Crippen MR) is 62.4 cm³/mol. The van der Waals surface area contributed by atoms with E-state index in [4.69, 9.17) is 0 Å². The molecule has 1 unspecified atom stereocenters. The lowest BCUT2D eigenvalue weighted by molar-refractivity contribution is -0.359. The normalized spacial score (nSPS) is 14.5. The number of hydrogen-bond acceptors (Lipinski definition) is 4. The first-order valence-electron chi connectivity index (χ1n) is 5.54. The maximum atomic E-state index is 13.6. The molecule has 0 spiro atoms. The van der Waals surface area contributed by atoms with Gasteiger partial charge < -0.3 is 4.74 Å². The summed E-state index contributed by atoms with van der Waals surface area (Å²) in [7, 11) is -4.19. The molecule has 0 amide bonds. The molecule has 13 heteroatoms. The van der Waals surface area contributed by atoms with E-state index in [1.807, 2.05) is 0 Å². The first-order chi connectivity index (χ1) is 10.1. The highest BCUT2D eigenvalue weighted by Gasteiger charge is 2.67. The van der Waals surface area contributed by atoms with Gasteiger partial charge in [-0.2, -0.15) is 30.7 Å². The van der Waals surface area contributed by atoms with Crippen molar-refractivity contribution < 1.29 is 49.3 Å². The highest BCUT2D eigenvalue weighted by atomic mass is 32.2. The van der Waals surface area contributed by atoms with Crippen molar-refractivity contribution in [2.45, 2.75) is 32.2 Å². The summed E-state index contributed by atoms with van der Waals surface area (Å²) in [6.07, 6.45) is -11.5. The molecule has 0 aromatic heterocycles. The molecule has 0 aromatic rings. The molecule has 0 fully saturated rings. The molecule has 0 bridgehead atoms. The van der Waals surface area contributed by atoms with E-state index >= 15 is 0 Å². The second kappa shape index (κ2) is 6.95. The molecular weight excluding hydrogens is 363 g/mol. The lowest BCUT2D eigenvalue weighted by atomic mass is 10.3. The van der Waals surface area contributed by atoms with Crippen LogP contribution in [-0.2, 0) is 25.3 Å². The van der Waals surface area contributed by atoms with Crippen molar-refractivity contribution in [1.82, 2.24) is 4.31 Å². The minimum atomic E-state index is -5.79. The Balaban J connectivity index is 5.65. The Hall–Kier alpha value is -1.50. The summed E-state index contributed by atoms with van der Waals surface area (Å²) in [5.74, 6) is -1.96. The van der Waals surface area contributed by atoms with Gasteiger partial charge in [0, 0.05) is 12.1 Å². The van der Waals surface area contributed by atoms with E-state index in [1.54, 1.807) is 0 Å². The highest BCUT2D eigenvalue weighted by Crippen LogP contribution is 2.40. The number of carbonyl (C=O) groups is 2. The second-order valence-electron chi connectivity index (χ2n) is 3.96. The van der Waals surface area contributed by atoms with Gasteiger partial charge in [0.25, 0.3) is 0 Å². The molecule has 0 aromatic carbocycles. The van der Waals surface area contributed by atoms with Crippen LogP contribution in [0.3, 0.4) is 0 Å². The van der Waals surface area contributed by atoms with Gasteiger partial charge in [-0.25, -0.2) is 9.00 Å². The fourth-order valence-corrected chi connectivity index (χ4v) is 1.98. The van der Waals surface area contributed by atoms with Crippen molar-refractivity contribution in [3.63, 3.8) is 0 Å². The number of esters is 1. The summed E-state index contributed by atoms with van der Waals surface area (Å²) in [6, 6.07) is -5.65. The van der Waals surface area contributed by atoms with Crippen LogP contribution in [0.4, 0.5) is 30.7 Å². The van der Waals surface area contributed by atoms with Crippen LogP contribution in [-0.4, -0.2) is 44.5 Å². The molecule has 0 rings (SSSR count). The topological polar surface area (TPSA) is 63.7 Å². The Morgan fingerprint density at radius 3 is 1.87 bits per heavy atom. The molecule has 0 saturated carbocycles. The Morgan fingerprint density at radius 2 is 1.57 bits per heavy atom. The zero-order valence-electron chi connectivity index (χ0n) is 11.5. The number of carbonyl (C=O) groups excluding carboxylic acids is 2. The molecule has 0 saturated heterocycles. The van der Waals surface area contributed by atoms with Crippen molar-refractivity contribution in [2.24, 2.45) is 0 Å². The molecular formula is C10H10F7NO4S. The molecule has 1 atom stereocenters. The molecule has 0 N–H and O–H groups in total. The van der Waals surface area contributed by atoms with Gasteiger partial charge in [0.1, 0.15) is 0 Å². The van der Waals surface area contributed by atoms with Crippen LogP contribution in [0.1, 0.15) is 13.8 Å². The van der Waals surface area contributed by atoms with Gasteiger partial charge >= 0.3 is 29.4 Å². The number of rotatable bonds is 6. The Labute approximate surface area is 127 Å². The minimum Gasteiger partial charge on any atom is -0.392 e. The SMILES string of the molecule is C=C(C)C(=O)OC(F)(F)C(F)(F)N(CC)S(=O)C(=O)C(F)(F)F. The predicted octanol–water partition coefficient (Wildman–Crippen LogP) is 2.37. The van der Waals surface area contributed by atoms with Crippen LogP contribution >= 0.6 is 0 Å². The van der Waals surface area contributed by atoms with Gasteiger partial charge in [0.2, 0.25) is 0 Å². The third-order valence-corrected chi connectivity index (χ3v) is 3.55. The number of hydrogen-bond donors (Lipinski definition) is 0. The zero-order chi connectivity index (χ0) is 18.8. The Kier molecular flexibility index (Phi) is 6.49. The molecule has 0 aliphatic carbocycles. The molecule has 0 aliphatic rings. The maximum absolute atomic E-state index is 13.6. The van der Waals surface area contributed by atoms with Crippen molar-refractivity contribution in [1.29, 1.82) is 0 Å². The molecule has 0 aliphatic heterocycles. The molecule has 134 valence electrons. The third-order valence-electron chi connectivity index (χ3n) is 2.11. The van der Waals surface area contributed by atoms with Crippen LogP contribution in [0.15, 0.2) is 12.2 Å². The average molecular weight is 373 g/mol. The van der Waals surface area contributed by atoms with Gasteiger partial charge in [-0.1, -0.05) is 13.5 Å². The van der Waals surface area contributed by atoms with Crippen LogP contribution in [0, 0.1) is 0 Å². The van der Waals surface area contributed by atoms with Gasteiger partial charge in [0.15, 0.2) is 11.0 Å². The van der Waals surface area contributed by atoms with E-state index in [-0.39, 0.29) is 0 Å². The van der Waals surface area contributed by atoms with Crippen LogP contribution in [0.5, 0.6) is 0 Å². The molecule has 23 heavy (non-hydrogen) atoms. The van der Waals surface area contributed by atoms with E-state index in [9.17, 15) is 44.5 Å². The van der Waals surface area contributed by atoms with Gasteiger partial charge in [-0.15, -0.1) is 4.31 Å². The summed E-state index contributed by atoms with van der Waals surface area (Å²) in [4.78, 5) is 21.6. The van der Waals surface area contributed by atoms with E-state index in [2.05, 4.69) is 11.3 Å². The minimum absolute atomic E-state index is 0.645. The van der Waals surface area contributed by atoms with Crippen LogP contribution in [0.25, 0.3) is 0 Å². The molecule has 0 heterocycles. The van der Waals surface area contributed by atoms with Crippen molar-refractivity contribution >= 4 is 22.1 Å². The standard InChI is InChI=1S/C10H10F7NO4S/c1-4-18(23(21)7(20)8(11,12)13)9(14,15)10(16,17)22-6(19)5(2)3/h2,4H2,1,3H3. The lowest BCUT2D eigenvalue weighted by Crippen LogP contribution is -2.58. The van der Waals surface area contributed by atoms with E-state index in [0.717, 1.165) is 6.92 Å². The zero-order valence-corrected chi connectivity index (χ0v) is 12.4. The summed E-state index contributed by atoms with van der Waals surface area (Å²) in [5.41, 5.74) is -0.698. The van der Waals surface area contributed by atoms with Crippen LogP contribution in [0.2, 0.25) is 0 Å². The quantitative estimate of drug-likeness (QED) is 0.310. The molecule has 0 radical (unpaired) electrons. The number of ether oxygens (including phenoxy) is 1.